The number of hydrogen-bond acceptors (Lipinski definition) is 4. The van der Waals surface area contributed by atoms with Crippen molar-refractivity contribution in [3.8, 4) is 0 Å². The first-order valence-electron chi connectivity index (χ1n) is 6.97. The number of aryl methyl sites for hydroxylation is 1. The molecule has 108 valence electrons. The zero-order valence-electron chi connectivity index (χ0n) is 11.6. The summed E-state index contributed by atoms with van der Waals surface area (Å²) in [6, 6.07) is 2.89. The molecule has 0 amide bonds. The summed E-state index contributed by atoms with van der Waals surface area (Å²) in [5.41, 5.74) is 1.32. The van der Waals surface area contributed by atoms with E-state index in [9.17, 15) is 0 Å². The van der Waals surface area contributed by atoms with Crippen molar-refractivity contribution < 1.29 is 0 Å². The van der Waals surface area contributed by atoms with E-state index in [1.165, 1.54) is 38.3 Å². The number of halogens is 1. The number of likely N-dealkylation sites (tertiary alicyclic amines) is 1. The molecule has 0 spiro atoms. The molecule has 0 radical (unpaired) electrons. The van der Waals surface area contributed by atoms with Gasteiger partial charge in [-0.15, -0.1) is 12.4 Å². The van der Waals surface area contributed by atoms with Crippen molar-refractivity contribution in [1.29, 1.82) is 0 Å². The van der Waals surface area contributed by atoms with E-state index in [0.29, 0.717) is 0 Å². The Bertz CT molecular complexity index is 388. The molecular weight excluding hydrogens is 262 g/mol. The first-order chi connectivity index (χ1) is 8.83. The highest BCUT2D eigenvalue weighted by Crippen LogP contribution is 2.18. The lowest BCUT2D eigenvalue weighted by atomic mass is 10.2. The Kier molecular flexibility index (Phi) is 5.21. The Morgan fingerprint density at radius 2 is 2.11 bits per heavy atom. The van der Waals surface area contributed by atoms with Gasteiger partial charge in [-0.1, -0.05) is 0 Å². The molecule has 1 atom stereocenters. The van der Waals surface area contributed by atoms with Gasteiger partial charge in [0.2, 0.25) is 0 Å². The molecule has 3 rings (SSSR count). The molecule has 19 heavy (non-hydrogen) atoms. The van der Waals surface area contributed by atoms with E-state index >= 15 is 0 Å². The largest absolute Gasteiger partial charge is 0.314 e. The third-order valence-electron chi connectivity index (χ3n) is 4.22. The fourth-order valence-corrected chi connectivity index (χ4v) is 3.09. The van der Waals surface area contributed by atoms with Crippen molar-refractivity contribution in [3.63, 3.8) is 0 Å². The van der Waals surface area contributed by atoms with Crippen LogP contribution in [0.1, 0.15) is 12.1 Å². The van der Waals surface area contributed by atoms with Gasteiger partial charge in [0.05, 0.1) is 5.69 Å². The second kappa shape index (κ2) is 6.70. The fourth-order valence-electron chi connectivity index (χ4n) is 3.09. The average molecular weight is 286 g/mol. The summed E-state index contributed by atoms with van der Waals surface area (Å²) in [5.74, 6) is 0. The van der Waals surface area contributed by atoms with Gasteiger partial charge in [0.1, 0.15) is 0 Å². The zero-order valence-corrected chi connectivity index (χ0v) is 12.4. The quantitative estimate of drug-likeness (QED) is 0.868. The Balaban J connectivity index is 0.00000133. The van der Waals surface area contributed by atoms with E-state index in [1.54, 1.807) is 0 Å². The highest BCUT2D eigenvalue weighted by Gasteiger charge is 2.28. The molecule has 1 N–H and O–H groups in total. The molecule has 2 saturated heterocycles. The first kappa shape index (κ1) is 14.8. The molecule has 3 heterocycles. The minimum absolute atomic E-state index is 0. The van der Waals surface area contributed by atoms with Crippen LogP contribution in [-0.4, -0.2) is 64.9 Å². The molecule has 2 aliphatic heterocycles. The van der Waals surface area contributed by atoms with Gasteiger partial charge in [0, 0.05) is 65.1 Å². The van der Waals surface area contributed by atoms with E-state index < -0.39 is 0 Å². The summed E-state index contributed by atoms with van der Waals surface area (Å²) in [5, 5.41) is 7.67. The zero-order chi connectivity index (χ0) is 12.4. The van der Waals surface area contributed by atoms with Crippen molar-refractivity contribution in [3.05, 3.63) is 18.0 Å². The van der Waals surface area contributed by atoms with Crippen LogP contribution in [0.4, 0.5) is 0 Å². The molecule has 0 saturated carbocycles. The Morgan fingerprint density at radius 1 is 1.32 bits per heavy atom. The third kappa shape index (κ3) is 3.48. The van der Waals surface area contributed by atoms with E-state index in [2.05, 4.69) is 26.3 Å². The smallest absolute Gasteiger partial charge is 0.0521 e. The standard InChI is InChI=1S/C13H23N5.ClH/c1-16-12(2-4-15-16)10-17-7-3-13(11-17)18-8-5-14-6-9-18;/h2,4,13-14H,3,5-11H2,1H3;1H. The van der Waals surface area contributed by atoms with Crippen molar-refractivity contribution in [2.45, 2.75) is 19.0 Å². The second-order valence-corrected chi connectivity index (χ2v) is 5.41. The lowest BCUT2D eigenvalue weighted by Gasteiger charge is -2.32. The summed E-state index contributed by atoms with van der Waals surface area (Å²) >= 11 is 0. The third-order valence-corrected chi connectivity index (χ3v) is 4.22. The number of nitrogens with one attached hydrogen (secondary N) is 1. The number of aromatic nitrogens is 2. The molecule has 1 aromatic rings. The second-order valence-electron chi connectivity index (χ2n) is 5.41. The summed E-state index contributed by atoms with van der Waals surface area (Å²) in [7, 11) is 2.03. The lowest BCUT2D eigenvalue weighted by Crippen LogP contribution is -2.49. The molecule has 0 bridgehead atoms. The monoisotopic (exact) mass is 285 g/mol. The lowest BCUT2D eigenvalue weighted by molar-refractivity contribution is 0.170. The van der Waals surface area contributed by atoms with Crippen LogP contribution in [-0.2, 0) is 13.6 Å². The van der Waals surface area contributed by atoms with Crippen molar-refractivity contribution >= 4 is 12.4 Å². The Labute approximate surface area is 121 Å². The van der Waals surface area contributed by atoms with E-state index in [1.807, 2.05) is 17.9 Å². The van der Waals surface area contributed by atoms with Crippen LogP contribution in [0.5, 0.6) is 0 Å². The van der Waals surface area contributed by atoms with Crippen LogP contribution < -0.4 is 5.32 Å². The van der Waals surface area contributed by atoms with Crippen molar-refractivity contribution in [2.75, 3.05) is 39.3 Å². The van der Waals surface area contributed by atoms with Gasteiger partial charge >= 0.3 is 0 Å². The first-order valence-corrected chi connectivity index (χ1v) is 6.97. The van der Waals surface area contributed by atoms with Crippen molar-refractivity contribution in [1.82, 2.24) is 24.9 Å². The van der Waals surface area contributed by atoms with E-state index in [4.69, 9.17) is 0 Å². The summed E-state index contributed by atoms with van der Waals surface area (Å²) < 4.78 is 1.98. The van der Waals surface area contributed by atoms with Gasteiger partial charge in [-0.05, 0) is 12.5 Å². The van der Waals surface area contributed by atoms with Crippen LogP contribution in [0.15, 0.2) is 12.3 Å². The minimum Gasteiger partial charge on any atom is -0.314 e. The van der Waals surface area contributed by atoms with Gasteiger partial charge in [-0.25, -0.2) is 0 Å². The van der Waals surface area contributed by atoms with Crippen LogP contribution in [0.25, 0.3) is 0 Å². The highest BCUT2D eigenvalue weighted by molar-refractivity contribution is 5.85. The molecular formula is C13H24ClN5. The topological polar surface area (TPSA) is 36.3 Å². The Hall–Kier alpha value is -0.620. The van der Waals surface area contributed by atoms with Crippen LogP contribution in [0, 0.1) is 0 Å². The molecule has 2 fully saturated rings. The van der Waals surface area contributed by atoms with Crippen molar-refractivity contribution in [2.24, 2.45) is 7.05 Å². The average Bonchev–Trinajstić information content (AvgIpc) is 3.02. The van der Waals surface area contributed by atoms with Gasteiger partial charge < -0.3 is 5.32 Å². The summed E-state index contributed by atoms with van der Waals surface area (Å²) in [4.78, 5) is 5.21. The maximum absolute atomic E-state index is 4.24. The van der Waals surface area contributed by atoms with Gasteiger partial charge in [0.15, 0.2) is 0 Å². The predicted molar refractivity (Wildman–Crippen MR) is 78.6 cm³/mol. The number of nitrogens with zero attached hydrogens (tertiary/aromatic N) is 4. The predicted octanol–water partition coefficient (Wildman–Crippen LogP) is 0.321. The molecule has 0 aliphatic carbocycles. The maximum Gasteiger partial charge on any atom is 0.0521 e. The molecule has 1 unspecified atom stereocenters. The highest BCUT2D eigenvalue weighted by atomic mass is 35.5. The normalized spacial score (nSPS) is 25.4. The van der Waals surface area contributed by atoms with Gasteiger partial charge in [0.25, 0.3) is 0 Å². The van der Waals surface area contributed by atoms with Crippen LogP contribution >= 0.6 is 12.4 Å². The van der Waals surface area contributed by atoms with E-state index in [-0.39, 0.29) is 12.4 Å². The van der Waals surface area contributed by atoms with Gasteiger partial charge in [-0.3, -0.25) is 14.5 Å². The molecule has 2 aliphatic rings. The molecule has 0 aromatic carbocycles. The number of rotatable bonds is 3. The number of hydrogen-bond donors (Lipinski definition) is 1. The Morgan fingerprint density at radius 3 is 2.79 bits per heavy atom. The SMILES string of the molecule is Cl.Cn1nccc1CN1CCC(N2CCNCC2)C1. The molecule has 5 nitrogen and oxygen atoms in total. The maximum atomic E-state index is 4.24. The van der Waals surface area contributed by atoms with Crippen LogP contribution in [0.3, 0.4) is 0 Å². The fraction of sp³-hybridized carbons (Fsp3) is 0.769. The summed E-state index contributed by atoms with van der Waals surface area (Å²) in [6.07, 6.45) is 3.21. The summed E-state index contributed by atoms with van der Waals surface area (Å²) in [6.45, 7) is 8.20. The minimum atomic E-state index is 0. The van der Waals surface area contributed by atoms with Gasteiger partial charge in [-0.2, -0.15) is 5.10 Å². The number of piperazine rings is 1. The van der Waals surface area contributed by atoms with E-state index in [0.717, 1.165) is 25.7 Å². The molecule has 1 aromatic heterocycles. The van der Waals surface area contributed by atoms with Crippen LogP contribution in [0.2, 0.25) is 0 Å². The molecule has 6 heteroatoms.